The third-order valence-electron chi connectivity index (χ3n) is 3.19. The number of halogens is 1. The topological polar surface area (TPSA) is 62.1 Å². The number of amides is 1. The lowest BCUT2D eigenvalue weighted by Gasteiger charge is -2.25. The molecule has 0 saturated carbocycles. The summed E-state index contributed by atoms with van der Waals surface area (Å²) in [5.41, 5.74) is 7.54. The van der Waals surface area contributed by atoms with Gasteiger partial charge in [0.15, 0.2) is 0 Å². The van der Waals surface area contributed by atoms with Crippen LogP contribution in [0.4, 0.5) is 5.69 Å². The Balaban J connectivity index is 2.22. The van der Waals surface area contributed by atoms with Gasteiger partial charge in [-0.3, -0.25) is 4.79 Å². The fraction of sp³-hybridized carbons (Fsp3) is 0.214. The zero-order valence-corrected chi connectivity index (χ0v) is 11.6. The molecule has 0 spiro atoms. The normalized spacial score (nSPS) is 12.2. The fourth-order valence-electron chi connectivity index (χ4n) is 1.92. The minimum absolute atomic E-state index is 0.120. The highest BCUT2D eigenvalue weighted by Crippen LogP contribution is 2.27. The highest BCUT2D eigenvalue weighted by atomic mass is 35.5. The average Bonchev–Trinajstić information content (AvgIpc) is 2.83. The van der Waals surface area contributed by atoms with Crippen molar-refractivity contribution in [3.8, 4) is 0 Å². The summed E-state index contributed by atoms with van der Waals surface area (Å²) in [5.74, 6) is -0.121. The third-order valence-corrected chi connectivity index (χ3v) is 3.54. The van der Waals surface area contributed by atoms with Crippen molar-refractivity contribution in [3.05, 3.63) is 52.8 Å². The molecule has 0 aliphatic carbocycles. The minimum Gasteiger partial charge on any atom is -0.397 e. The summed E-state index contributed by atoms with van der Waals surface area (Å²) < 4.78 is 0. The predicted octanol–water partition coefficient (Wildman–Crippen LogP) is 3.08. The molecule has 4 nitrogen and oxygen atoms in total. The van der Waals surface area contributed by atoms with Gasteiger partial charge in [-0.15, -0.1) is 0 Å². The minimum atomic E-state index is -0.121. The van der Waals surface area contributed by atoms with Crippen LogP contribution in [0.1, 0.15) is 29.0 Å². The van der Waals surface area contributed by atoms with Crippen LogP contribution in [0, 0.1) is 0 Å². The van der Waals surface area contributed by atoms with Gasteiger partial charge in [0.25, 0.3) is 5.91 Å². The molecule has 2 rings (SSSR count). The number of rotatable bonds is 3. The standard InChI is InChI=1S/C14H16ClN3O/c1-9(11-5-3-4-6-12(11)15)18(2)14(19)13-7-10(16)8-17-13/h3-9,17H,16H2,1-2H3. The molecule has 1 unspecified atom stereocenters. The van der Waals surface area contributed by atoms with Crippen LogP contribution in [0.3, 0.4) is 0 Å². The van der Waals surface area contributed by atoms with Crippen molar-refractivity contribution < 1.29 is 4.79 Å². The largest absolute Gasteiger partial charge is 0.397 e. The highest BCUT2D eigenvalue weighted by Gasteiger charge is 2.21. The fourth-order valence-corrected chi connectivity index (χ4v) is 2.22. The quantitative estimate of drug-likeness (QED) is 0.906. The molecule has 1 amide bonds. The molecule has 5 heteroatoms. The van der Waals surface area contributed by atoms with Gasteiger partial charge in [0, 0.05) is 24.0 Å². The molecule has 100 valence electrons. The van der Waals surface area contributed by atoms with E-state index in [1.165, 1.54) is 0 Å². The Hall–Kier alpha value is -1.94. The van der Waals surface area contributed by atoms with Crippen molar-refractivity contribution in [2.24, 2.45) is 0 Å². The summed E-state index contributed by atoms with van der Waals surface area (Å²) in [6.45, 7) is 1.94. The van der Waals surface area contributed by atoms with E-state index in [2.05, 4.69) is 4.98 Å². The van der Waals surface area contributed by atoms with E-state index >= 15 is 0 Å². The molecule has 2 aromatic rings. The Morgan fingerprint density at radius 1 is 1.42 bits per heavy atom. The molecule has 1 heterocycles. The lowest BCUT2D eigenvalue weighted by Crippen LogP contribution is -2.30. The summed E-state index contributed by atoms with van der Waals surface area (Å²) in [6, 6.07) is 9.01. The highest BCUT2D eigenvalue weighted by molar-refractivity contribution is 6.31. The van der Waals surface area contributed by atoms with Crippen LogP contribution in [-0.4, -0.2) is 22.8 Å². The Labute approximate surface area is 117 Å². The zero-order chi connectivity index (χ0) is 14.0. The number of nitrogens with one attached hydrogen (secondary N) is 1. The Kier molecular flexibility index (Phi) is 3.81. The maximum absolute atomic E-state index is 12.3. The van der Waals surface area contributed by atoms with Crippen LogP contribution < -0.4 is 5.73 Å². The lowest BCUT2D eigenvalue weighted by molar-refractivity contribution is 0.0737. The van der Waals surface area contributed by atoms with Crippen LogP contribution in [0.2, 0.25) is 5.02 Å². The van der Waals surface area contributed by atoms with Gasteiger partial charge in [0.05, 0.1) is 6.04 Å². The van der Waals surface area contributed by atoms with Crippen LogP contribution in [0.25, 0.3) is 0 Å². The number of H-pyrrole nitrogens is 1. The molecule has 1 aromatic carbocycles. The van der Waals surface area contributed by atoms with Crippen LogP contribution >= 0.6 is 11.6 Å². The number of anilines is 1. The van der Waals surface area contributed by atoms with Crippen molar-refractivity contribution >= 4 is 23.2 Å². The molecular formula is C14H16ClN3O. The smallest absolute Gasteiger partial charge is 0.270 e. The molecule has 0 radical (unpaired) electrons. The SMILES string of the molecule is CC(c1ccccc1Cl)N(C)C(=O)c1cc(N)c[nH]1. The van der Waals surface area contributed by atoms with Crippen molar-refractivity contribution in [2.45, 2.75) is 13.0 Å². The third kappa shape index (κ3) is 2.74. The van der Waals surface area contributed by atoms with Crippen molar-refractivity contribution in [3.63, 3.8) is 0 Å². The number of hydrogen-bond acceptors (Lipinski definition) is 2. The number of carbonyl (C=O) groups excluding carboxylic acids is 1. The van der Waals surface area contributed by atoms with E-state index < -0.39 is 0 Å². The summed E-state index contributed by atoms with van der Waals surface area (Å²) >= 11 is 6.15. The van der Waals surface area contributed by atoms with Crippen LogP contribution in [-0.2, 0) is 0 Å². The van der Waals surface area contributed by atoms with Gasteiger partial charge in [-0.1, -0.05) is 29.8 Å². The molecule has 1 atom stereocenters. The van der Waals surface area contributed by atoms with E-state index in [0.717, 1.165) is 5.56 Å². The molecule has 0 aliphatic heterocycles. The lowest BCUT2D eigenvalue weighted by atomic mass is 10.1. The Bertz CT molecular complexity index is 594. The van der Waals surface area contributed by atoms with Gasteiger partial charge in [0.1, 0.15) is 5.69 Å². The summed E-state index contributed by atoms with van der Waals surface area (Å²) in [4.78, 5) is 16.8. The number of nitrogen functional groups attached to an aromatic ring is 1. The van der Waals surface area contributed by atoms with Crippen molar-refractivity contribution in [1.29, 1.82) is 0 Å². The summed E-state index contributed by atoms with van der Waals surface area (Å²) in [6.07, 6.45) is 1.60. The van der Waals surface area contributed by atoms with E-state index in [1.54, 1.807) is 24.2 Å². The number of carbonyl (C=O) groups is 1. The number of nitrogens with two attached hydrogens (primary N) is 1. The second-order valence-electron chi connectivity index (χ2n) is 4.46. The Morgan fingerprint density at radius 3 is 2.68 bits per heavy atom. The van der Waals surface area contributed by atoms with E-state index in [9.17, 15) is 4.79 Å². The summed E-state index contributed by atoms with van der Waals surface area (Å²) in [7, 11) is 1.74. The molecule has 0 fully saturated rings. The molecule has 0 bridgehead atoms. The van der Waals surface area contributed by atoms with Crippen molar-refractivity contribution in [2.75, 3.05) is 12.8 Å². The first-order valence-corrected chi connectivity index (χ1v) is 6.34. The number of nitrogens with zero attached hydrogens (tertiary/aromatic N) is 1. The molecule has 3 N–H and O–H groups in total. The molecule has 0 saturated heterocycles. The maximum Gasteiger partial charge on any atom is 0.270 e. The van der Waals surface area contributed by atoms with Crippen LogP contribution in [0.15, 0.2) is 36.5 Å². The molecular weight excluding hydrogens is 262 g/mol. The number of hydrogen-bond donors (Lipinski definition) is 2. The van der Waals surface area contributed by atoms with E-state index in [1.807, 2.05) is 31.2 Å². The van der Waals surface area contributed by atoms with E-state index in [4.69, 9.17) is 17.3 Å². The zero-order valence-electron chi connectivity index (χ0n) is 10.9. The van der Waals surface area contributed by atoms with E-state index in [0.29, 0.717) is 16.4 Å². The van der Waals surface area contributed by atoms with Crippen LogP contribution in [0.5, 0.6) is 0 Å². The average molecular weight is 278 g/mol. The Morgan fingerprint density at radius 2 is 2.11 bits per heavy atom. The number of benzene rings is 1. The van der Waals surface area contributed by atoms with Gasteiger partial charge in [-0.25, -0.2) is 0 Å². The van der Waals surface area contributed by atoms with Crippen molar-refractivity contribution in [1.82, 2.24) is 9.88 Å². The van der Waals surface area contributed by atoms with Gasteiger partial charge in [-0.2, -0.15) is 0 Å². The van der Waals surface area contributed by atoms with Gasteiger partial charge in [0.2, 0.25) is 0 Å². The summed E-state index contributed by atoms with van der Waals surface area (Å²) in [5, 5.41) is 0.653. The van der Waals surface area contributed by atoms with Gasteiger partial charge < -0.3 is 15.6 Å². The second kappa shape index (κ2) is 5.36. The first kappa shape index (κ1) is 13.5. The predicted molar refractivity (Wildman–Crippen MR) is 77.2 cm³/mol. The maximum atomic E-state index is 12.3. The molecule has 19 heavy (non-hydrogen) atoms. The van der Waals surface area contributed by atoms with Gasteiger partial charge in [-0.05, 0) is 24.6 Å². The van der Waals surface area contributed by atoms with Gasteiger partial charge >= 0.3 is 0 Å². The first-order valence-electron chi connectivity index (χ1n) is 5.96. The first-order chi connectivity index (χ1) is 9.00. The number of aromatic nitrogens is 1. The molecule has 1 aromatic heterocycles. The monoisotopic (exact) mass is 277 g/mol. The number of aromatic amines is 1. The second-order valence-corrected chi connectivity index (χ2v) is 4.87. The van der Waals surface area contributed by atoms with E-state index in [-0.39, 0.29) is 11.9 Å². The molecule has 0 aliphatic rings.